The average molecular weight is 314 g/mol. The van der Waals surface area contributed by atoms with Crippen molar-refractivity contribution in [2.75, 3.05) is 13.1 Å². The Kier molecular flexibility index (Phi) is 4.36. The van der Waals surface area contributed by atoms with Crippen LogP contribution in [0.2, 0.25) is 0 Å². The van der Waals surface area contributed by atoms with Crippen molar-refractivity contribution in [3.8, 4) is 11.4 Å². The summed E-state index contributed by atoms with van der Waals surface area (Å²) < 4.78 is 4.70. The van der Waals surface area contributed by atoms with E-state index in [4.69, 9.17) is 4.52 Å². The van der Waals surface area contributed by atoms with Gasteiger partial charge in [-0.1, -0.05) is 17.3 Å². The summed E-state index contributed by atoms with van der Waals surface area (Å²) in [6.45, 7) is 3.22. The lowest BCUT2D eigenvalue weighted by Gasteiger charge is -2.21. The summed E-state index contributed by atoms with van der Waals surface area (Å²) in [4.78, 5) is 29.6. The fourth-order valence-electron chi connectivity index (χ4n) is 2.65. The fraction of sp³-hybridized carbons (Fsp3) is 0.375. The van der Waals surface area contributed by atoms with Gasteiger partial charge in [-0.25, -0.2) is 0 Å². The summed E-state index contributed by atoms with van der Waals surface area (Å²) in [6, 6.07) is 6.88. The van der Waals surface area contributed by atoms with Crippen molar-refractivity contribution in [2.24, 2.45) is 0 Å². The number of hydrogen-bond donors (Lipinski definition) is 1. The predicted molar refractivity (Wildman–Crippen MR) is 82.5 cm³/mol. The van der Waals surface area contributed by atoms with Gasteiger partial charge in [0.1, 0.15) is 0 Å². The van der Waals surface area contributed by atoms with Gasteiger partial charge in [-0.3, -0.25) is 9.59 Å². The first-order valence-corrected chi connectivity index (χ1v) is 7.59. The van der Waals surface area contributed by atoms with Crippen LogP contribution in [0, 0.1) is 0 Å². The number of carbonyl (C=O) groups excluding carboxylic acids is 2. The molecule has 1 aliphatic heterocycles. The van der Waals surface area contributed by atoms with Crippen LogP contribution in [0.25, 0.3) is 11.4 Å². The van der Waals surface area contributed by atoms with E-state index in [1.54, 1.807) is 29.2 Å². The van der Waals surface area contributed by atoms with Crippen molar-refractivity contribution >= 4 is 11.8 Å². The number of aromatic nitrogens is 2. The number of nitrogens with zero attached hydrogens (tertiary/aromatic N) is 3. The number of amides is 2. The Bertz CT molecular complexity index is 682. The van der Waals surface area contributed by atoms with Crippen LogP contribution in [0.3, 0.4) is 0 Å². The van der Waals surface area contributed by atoms with Crippen molar-refractivity contribution in [1.82, 2.24) is 20.4 Å². The fourth-order valence-corrected chi connectivity index (χ4v) is 2.65. The maximum absolute atomic E-state index is 12.2. The molecule has 7 heteroatoms. The van der Waals surface area contributed by atoms with Crippen molar-refractivity contribution in [2.45, 2.75) is 25.8 Å². The Hall–Kier alpha value is -2.70. The van der Waals surface area contributed by atoms with Crippen molar-refractivity contribution < 1.29 is 14.1 Å². The van der Waals surface area contributed by atoms with E-state index in [2.05, 4.69) is 15.5 Å². The SMILES string of the molecule is CC(CN1CCCC1=O)NC(=O)c1ccc(-c2ncon2)cc1. The van der Waals surface area contributed by atoms with Gasteiger partial charge in [-0.15, -0.1) is 0 Å². The lowest BCUT2D eigenvalue weighted by molar-refractivity contribution is -0.127. The number of hydrogen-bond acceptors (Lipinski definition) is 5. The van der Waals surface area contributed by atoms with Crippen LogP contribution in [0.1, 0.15) is 30.1 Å². The molecule has 120 valence electrons. The first kappa shape index (κ1) is 15.2. The number of carbonyl (C=O) groups is 2. The third-order valence-electron chi connectivity index (χ3n) is 3.81. The third-order valence-corrected chi connectivity index (χ3v) is 3.81. The van der Waals surface area contributed by atoms with Gasteiger partial charge in [-0.2, -0.15) is 4.98 Å². The van der Waals surface area contributed by atoms with Crippen LogP contribution >= 0.6 is 0 Å². The molecule has 0 aliphatic carbocycles. The van der Waals surface area contributed by atoms with Gasteiger partial charge in [-0.05, 0) is 25.5 Å². The quantitative estimate of drug-likeness (QED) is 0.903. The van der Waals surface area contributed by atoms with Crippen molar-refractivity contribution in [3.63, 3.8) is 0 Å². The number of nitrogens with one attached hydrogen (secondary N) is 1. The highest BCUT2D eigenvalue weighted by Crippen LogP contribution is 2.15. The molecule has 0 saturated carbocycles. The van der Waals surface area contributed by atoms with Crippen LogP contribution in [-0.4, -0.2) is 46.0 Å². The second-order valence-corrected chi connectivity index (χ2v) is 5.65. The van der Waals surface area contributed by atoms with Gasteiger partial charge in [0.05, 0.1) is 0 Å². The first-order chi connectivity index (χ1) is 11.1. The van der Waals surface area contributed by atoms with Gasteiger partial charge < -0.3 is 14.7 Å². The molecule has 1 saturated heterocycles. The average Bonchev–Trinajstić information content (AvgIpc) is 3.20. The second-order valence-electron chi connectivity index (χ2n) is 5.65. The monoisotopic (exact) mass is 314 g/mol. The Morgan fingerprint density at radius 3 is 2.78 bits per heavy atom. The first-order valence-electron chi connectivity index (χ1n) is 7.59. The summed E-state index contributed by atoms with van der Waals surface area (Å²) in [5, 5.41) is 6.67. The lowest BCUT2D eigenvalue weighted by Crippen LogP contribution is -2.42. The molecule has 1 aromatic heterocycles. The highest BCUT2D eigenvalue weighted by molar-refractivity contribution is 5.94. The number of rotatable bonds is 5. The molecule has 1 N–H and O–H groups in total. The molecule has 2 aromatic rings. The van der Waals surface area contributed by atoms with Crippen LogP contribution in [0.15, 0.2) is 35.2 Å². The molecule has 0 spiro atoms. The molecule has 1 unspecified atom stereocenters. The lowest BCUT2D eigenvalue weighted by atomic mass is 10.1. The van der Waals surface area contributed by atoms with E-state index in [9.17, 15) is 9.59 Å². The van der Waals surface area contributed by atoms with E-state index < -0.39 is 0 Å². The minimum atomic E-state index is -0.163. The molecule has 23 heavy (non-hydrogen) atoms. The van der Waals surface area contributed by atoms with Crippen molar-refractivity contribution in [3.05, 3.63) is 36.2 Å². The zero-order valence-electron chi connectivity index (χ0n) is 12.9. The predicted octanol–water partition coefficient (Wildman–Crippen LogP) is 1.48. The summed E-state index contributed by atoms with van der Waals surface area (Å²) >= 11 is 0. The molecule has 0 radical (unpaired) electrons. The van der Waals surface area contributed by atoms with Gasteiger partial charge in [0, 0.05) is 36.7 Å². The number of benzene rings is 1. The van der Waals surface area contributed by atoms with Crippen LogP contribution in [-0.2, 0) is 4.79 Å². The topological polar surface area (TPSA) is 88.3 Å². The zero-order chi connectivity index (χ0) is 16.2. The van der Waals surface area contributed by atoms with Gasteiger partial charge in [0.2, 0.25) is 18.1 Å². The standard InChI is InChI=1S/C16H18N4O3/c1-11(9-20-8-2-3-14(20)21)18-16(22)13-6-4-12(5-7-13)15-17-10-23-19-15/h4-7,10-11H,2-3,8-9H2,1H3,(H,18,22). The zero-order valence-corrected chi connectivity index (χ0v) is 12.9. The molecule has 1 atom stereocenters. The maximum atomic E-state index is 12.2. The molecule has 0 bridgehead atoms. The van der Waals surface area contributed by atoms with Crippen LogP contribution < -0.4 is 5.32 Å². The van der Waals surface area contributed by atoms with Gasteiger partial charge in [0.25, 0.3) is 5.91 Å². The minimum Gasteiger partial charge on any atom is -0.348 e. The normalized spacial score (nSPS) is 15.7. The molecular weight excluding hydrogens is 296 g/mol. The molecule has 2 amide bonds. The van der Waals surface area contributed by atoms with Crippen molar-refractivity contribution in [1.29, 1.82) is 0 Å². The van der Waals surface area contributed by atoms with E-state index in [0.29, 0.717) is 24.4 Å². The summed E-state index contributed by atoms with van der Waals surface area (Å²) in [7, 11) is 0. The highest BCUT2D eigenvalue weighted by atomic mass is 16.5. The molecule has 3 rings (SSSR count). The summed E-state index contributed by atoms with van der Waals surface area (Å²) in [5.41, 5.74) is 1.34. The summed E-state index contributed by atoms with van der Waals surface area (Å²) in [5.74, 6) is 0.484. The number of likely N-dealkylation sites (tertiary alicyclic amines) is 1. The van der Waals surface area contributed by atoms with Crippen LogP contribution in [0.4, 0.5) is 0 Å². The van der Waals surface area contributed by atoms with Gasteiger partial charge >= 0.3 is 0 Å². The molecular formula is C16H18N4O3. The second kappa shape index (κ2) is 6.60. The molecule has 1 fully saturated rings. The Morgan fingerprint density at radius 2 is 2.17 bits per heavy atom. The third kappa shape index (κ3) is 3.56. The van der Waals surface area contributed by atoms with E-state index in [0.717, 1.165) is 18.5 Å². The summed E-state index contributed by atoms with van der Waals surface area (Å²) in [6.07, 6.45) is 2.77. The molecule has 7 nitrogen and oxygen atoms in total. The smallest absolute Gasteiger partial charge is 0.251 e. The maximum Gasteiger partial charge on any atom is 0.251 e. The van der Waals surface area contributed by atoms with E-state index in [-0.39, 0.29) is 17.9 Å². The van der Waals surface area contributed by atoms with E-state index in [1.807, 2.05) is 6.92 Å². The minimum absolute atomic E-state index is 0.0959. The molecule has 1 aromatic carbocycles. The van der Waals surface area contributed by atoms with Gasteiger partial charge in [0.15, 0.2) is 0 Å². The van der Waals surface area contributed by atoms with Crippen LogP contribution in [0.5, 0.6) is 0 Å². The van der Waals surface area contributed by atoms with E-state index >= 15 is 0 Å². The molecule has 2 heterocycles. The Morgan fingerprint density at radius 1 is 1.39 bits per heavy atom. The molecule has 1 aliphatic rings. The largest absolute Gasteiger partial charge is 0.348 e. The Labute approximate surface area is 133 Å². The Balaban J connectivity index is 1.58. The van der Waals surface area contributed by atoms with E-state index in [1.165, 1.54) is 6.39 Å². The highest BCUT2D eigenvalue weighted by Gasteiger charge is 2.22.